The van der Waals surface area contributed by atoms with Gasteiger partial charge >= 0.3 is 0 Å². The second kappa shape index (κ2) is 5.46. The fraction of sp³-hybridized carbons (Fsp3) is 0.636. The van der Waals surface area contributed by atoms with E-state index in [1.165, 1.54) is 32.3 Å². The smallest absolute Gasteiger partial charge is 0.148 e. The van der Waals surface area contributed by atoms with E-state index < -0.39 is 0 Å². The van der Waals surface area contributed by atoms with Crippen LogP contribution in [0, 0.1) is 0 Å². The molecule has 0 saturated carbocycles. The van der Waals surface area contributed by atoms with Gasteiger partial charge in [-0.3, -0.25) is 0 Å². The van der Waals surface area contributed by atoms with Gasteiger partial charge < -0.3 is 10.2 Å². The first kappa shape index (κ1) is 11.6. The average molecular weight is 241 g/mol. The molecule has 16 heavy (non-hydrogen) atoms. The zero-order valence-electron chi connectivity index (χ0n) is 9.49. The summed E-state index contributed by atoms with van der Waals surface area (Å²) in [6.45, 7) is 5.62. The molecule has 1 saturated heterocycles. The van der Waals surface area contributed by atoms with Gasteiger partial charge in [-0.05, 0) is 32.9 Å². The molecule has 1 atom stereocenters. The Kier molecular flexibility index (Phi) is 3.96. The molecule has 1 fully saturated rings. The quantitative estimate of drug-likeness (QED) is 0.875. The summed E-state index contributed by atoms with van der Waals surface area (Å²) >= 11 is 5.98. The summed E-state index contributed by atoms with van der Waals surface area (Å²) in [5.41, 5.74) is 0. The Hall–Kier alpha value is -0.870. The molecule has 1 aromatic heterocycles. The van der Waals surface area contributed by atoms with Crippen LogP contribution in [0.15, 0.2) is 12.5 Å². The molecule has 0 amide bonds. The Morgan fingerprint density at radius 1 is 1.50 bits per heavy atom. The summed E-state index contributed by atoms with van der Waals surface area (Å²) in [4.78, 5) is 10.4. The number of likely N-dealkylation sites (tertiary alicyclic amines) is 1. The molecule has 0 bridgehead atoms. The van der Waals surface area contributed by atoms with Crippen LogP contribution in [0.5, 0.6) is 0 Å². The van der Waals surface area contributed by atoms with Gasteiger partial charge in [-0.15, -0.1) is 0 Å². The normalized spacial score (nSPS) is 18.6. The topological polar surface area (TPSA) is 41.0 Å². The highest BCUT2D eigenvalue weighted by molar-refractivity contribution is 6.32. The van der Waals surface area contributed by atoms with Crippen molar-refractivity contribution in [2.24, 2.45) is 0 Å². The van der Waals surface area contributed by atoms with Crippen LogP contribution in [0.1, 0.15) is 19.8 Å². The summed E-state index contributed by atoms with van der Waals surface area (Å²) in [6.07, 6.45) is 5.76. The van der Waals surface area contributed by atoms with Gasteiger partial charge in [0, 0.05) is 12.6 Å². The van der Waals surface area contributed by atoms with Gasteiger partial charge in [-0.2, -0.15) is 0 Å². The van der Waals surface area contributed by atoms with Crippen LogP contribution >= 0.6 is 11.6 Å². The number of hydrogen-bond acceptors (Lipinski definition) is 4. The van der Waals surface area contributed by atoms with Crippen molar-refractivity contribution < 1.29 is 0 Å². The Labute approximate surface area is 101 Å². The Morgan fingerprint density at radius 2 is 2.25 bits per heavy atom. The predicted molar refractivity (Wildman–Crippen MR) is 65.8 cm³/mol. The second-order valence-corrected chi connectivity index (χ2v) is 4.68. The van der Waals surface area contributed by atoms with Crippen LogP contribution < -0.4 is 5.32 Å². The number of hydrogen-bond donors (Lipinski definition) is 1. The van der Waals surface area contributed by atoms with Crippen molar-refractivity contribution in [3.8, 4) is 0 Å². The number of nitrogens with zero attached hydrogens (tertiary/aromatic N) is 3. The Bertz CT molecular complexity index is 339. The summed E-state index contributed by atoms with van der Waals surface area (Å²) in [5.74, 6) is 0.725. The molecule has 0 spiro atoms. The number of nitrogens with one attached hydrogen (secondary N) is 1. The fourth-order valence-corrected chi connectivity index (χ4v) is 2.21. The highest BCUT2D eigenvalue weighted by Crippen LogP contribution is 2.17. The lowest BCUT2D eigenvalue weighted by Gasteiger charge is -2.21. The largest absolute Gasteiger partial charge is 0.365 e. The minimum atomic E-state index is 0.352. The molecular weight excluding hydrogens is 224 g/mol. The summed E-state index contributed by atoms with van der Waals surface area (Å²) in [7, 11) is 0. The lowest BCUT2D eigenvalue weighted by atomic mass is 10.3. The maximum Gasteiger partial charge on any atom is 0.148 e. The molecule has 2 rings (SSSR count). The SMILES string of the molecule is CC(CN1CCCC1)Nc1ncncc1Cl. The van der Waals surface area contributed by atoms with Crippen molar-refractivity contribution in [2.75, 3.05) is 25.0 Å². The third-order valence-corrected chi connectivity index (χ3v) is 3.06. The van der Waals surface area contributed by atoms with Crippen LogP contribution in [-0.4, -0.2) is 40.5 Å². The van der Waals surface area contributed by atoms with E-state index in [4.69, 9.17) is 11.6 Å². The first-order valence-corrected chi connectivity index (χ1v) is 6.08. The van der Waals surface area contributed by atoms with Crippen molar-refractivity contribution >= 4 is 17.4 Å². The molecular formula is C11H17ClN4. The molecule has 0 aliphatic carbocycles. The van der Waals surface area contributed by atoms with Gasteiger partial charge in [0.2, 0.25) is 0 Å². The highest BCUT2D eigenvalue weighted by Gasteiger charge is 2.15. The van der Waals surface area contributed by atoms with Crippen molar-refractivity contribution in [3.63, 3.8) is 0 Å². The van der Waals surface area contributed by atoms with E-state index in [0.717, 1.165) is 12.4 Å². The summed E-state index contributed by atoms with van der Waals surface area (Å²) in [5, 5.41) is 3.89. The number of halogens is 1. The maximum atomic E-state index is 5.98. The predicted octanol–water partition coefficient (Wildman–Crippen LogP) is 2.03. The monoisotopic (exact) mass is 240 g/mol. The van der Waals surface area contributed by atoms with Gasteiger partial charge in [0.05, 0.1) is 6.20 Å². The highest BCUT2D eigenvalue weighted by atomic mass is 35.5. The Balaban J connectivity index is 1.86. The molecule has 1 unspecified atom stereocenters. The molecule has 1 aliphatic rings. The van der Waals surface area contributed by atoms with Crippen LogP contribution in [-0.2, 0) is 0 Å². The van der Waals surface area contributed by atoms with Crippen molar-refractivity contribution in [3.05, 3.63) is 17.5 Å². The number of rotatable bonds is 4. The Morgan fingerprint density at radius 3 is 2.94 bits per heavy atom. The standard InChI is InChI=1S/C11H17ClN4/c1-9(7-16-4-2-3-5-16)15-11-10(12)6-13-8-14-11/h6,8-9H,2-5,7H2,1H3,(H,13,14,15). The van der Waals surface area contributed by atoms with Gasteiger partial charge in [0.25, 0.3) is 0 Å². The first-order valence-electron chi connectivity index (χ1n) is 5.70. The van der Waals surface area contributed by atoms with E-state index >= 15 is 0 Å². The minimum absolute atomic E-state index is 0.352. The molecule has 1 N–H and O–H groups in total. The summed E-state index contributed by atoms with van der Waals surface area (Å²) < 4.78 is 0. The van der Waals surface area contributed by atoms with Crippen LogP contribution in [0.3, 0.4) is 0 Å². The van der Waals surface area contributed by atoms with E-state index in [1.807, 2.05) is 0 Å². The van der Waals surface area contributed by atoms with E-state index in [9.17, 15) is 0 Å². The average Bonchev–Trinajstić information content (AvgIpc) is 2.74. The lowest BCUT2D eigenvalue weighted by Crippen LogP contribution is -2.33. The zero-order valence-corrected chi connectivity index (χ0v) is 10.2. The molecule has 88 valence electrons. The van der Waals surface area contributed by atoms with Crippen molar-refractivity contribution in [2.45, 2.75) is 25.8 Å². The number of anilines is 1. The lowest BCUT2D eigenvalue weighted by molar-refractivity contribution is 0.327. The molecule has 2 heterocycles. The van der Waals surface area contributed by atoms with Gasteiger partial charge in [-0.25, -0.2) is 9.97 Å². The van der Waals surface area contributed by atoms with Gasteiger partial charge in [0.1, 0.15) is 17.2 Å². The molecule has 5 heteroatoms. The maximum absolute atomic E-state index is 5.98. The molecule has 1 aliphatic heterocycles. The van der Waals surface area contributed by atoms with E-state index in [-0.39, 0.29) is 0 Å². The van der Waals surface area contributed by atoms with Crippen molar-refractivity contribution in [1.29, 1.82) is 0 Å². The van der Waals surface area contributed by atoms with Crippen LogP contribution in [0.25, 0.3) is 0 Å². The summed E-state index contributed by atoms with van der Waals surface area (Å²) in [6, 6.07) is 0.352. The first-order chi connectivity index (χ1) is 7.75. The zero-order chi connectivity index (χ0) is 11.4. The molecule has 0 aromatic carbocycles. The number of aromatic nitrogens is 2. The molecule has 1 aromatic rings. The van der Waals surface area contributed by atoms with E-state index in [0.29, 0.717) is 11.1 Å². The van der Waals surface area contributed by atoms with Gasteiger partial charge in [-0.1, -0.05) is 11.6 Å². The fourth-order valence-electron chi connectivity index (χ4n) is 2.05. The van der Waals surface area contributed by atoms with Crippen molar-refractivity contribution in [1.82, 2.24) is 14.9 Å². The van der Waals surface area contributed by atoms with Crippen LogP contribution in [0.2, 0.25) is 5.02 Å². The molecule has 4 nitrogen and oxygen atoms in total. The third kappa shape index (κ3) is 3.06. The van der Waals surface area contributed by atoms with E-state index in [1.54, 1.807) is 6.20 Å². The van der Waals surface area contributed by atoms with Crippen LogP contribution in [0.4, 0.5) is 5.82 Å². The minimum Gasteiger partial charge on any atom is -0.365 e. The van der Waals surface area contributed by atoms with Gasteiger partial charge in [0.15, 0.2) is 0 Å². The second-order valence-electron chi connectivity index (χ2n) is 4.27. The third-order valence-electron chi connectivity index (χ3n) is 2.78. The molecule has 0 radical (unpaired) electrons. The van der Waals surface area contributed by atoms with E-state index in [2.05, 4.69) is 27.1 Å².